The Morgan fingerprint density at radius 3 is 2.42 bits per heavy atom. The smallest absolute Gasteiger partial charge is 0.254 e. The summed E-state index contributed by atoms with van der Waals surface area (Å²) in [6.45, 7) is 10.2. The van der Waals surface area contributed by atoms with Crippen molar-refractivity contribution in [2.75, 3.05) is 19.6 Å². The van der Waals surface area contributed by atoms with Gasteiger partial charge >= 0.3 is 0 Å². The monoisotopic (exact) mass is 262 g/mol. The van der Waals surface area contributed by atoms with Gasteiger partial charge in [0, 0.05) is 18.7 Å². The number of benzene rings is 1. The number of carbonyl (C=O) groups is 1. The Balaban J connectivity index is 2.96. The SMILES string of the molecule is CCc1ccccc1C(=O)N(CC)CC(C)(C)CN. The lowest BCUT2D eigenvalue weighted by Crippen LogP contribution is -2.42. The van der Waals surface area contributed by atoms with Crippen LogP contribution in [0.2, 0.25) is 0 Å². The molecule has 0 aromatic heterocycles. The molecule has 2 N–H and O–H groups in total. The van der Waals surface area contributed by atoms with E-state index in [-0.39, 0.29) is 11.3 Å². The molecule has 19 heavy (non-hydrogen) atoms. The number of aryl methyl sites for hydroxylation is 1. The summed E-state index contributed by atoms with van der Waals surface area (Å²) in [7, 11) is 0. The highest BCUT2D eigenvalue weighted by Gasteiger charge is 2.24. The molecule has 0 saturated heterocycles. The molecule has 0 spiro atoms. The zero-order valence-electron chi connectivity index (χ0n) is 12.6. The molecule has 0 atom stereocenters. The summed E-state index contributed by atoms with van der Waals surface area (Å²) in [6.07, 6.45) is 0.875. The Hall–Kier alpha value is -1.35. The number of hydrogen-bond donors (Lipinski definition) is 1. The van der Waals surface area contributed by atoms with Gasteiger partial charge in [-0.25, -0.2) is 0 Å². The van der Waals surface area contributed by atoms with E-state index in [0.717, 1.165) is 17.5 Å². The number of carbonyl (C=O) groups excluding carboxylic acids is 1. The van der Waals surface area contributed by atoms with E-state index in [1.807, 2.05) is 36.1 Å². The summed E-state index contributed by atoms with van der Waals surface area (Å²) >= 11 is 0. The molecular weight excluding hydrogens is 236 g/mol. The van der Waals surface area contributed by atoms with Crippen molar-refractivity contribution in [1.82, 2.24) is 4.90 Å². The molecule has 3 heteroatoms. The minimum atomic E-state index is -0.0488. The van der Waals surface area contributed by atoms with E-state index in [0.29, 0.717) is 19.6 Å². The van der Waals surface area contributed by atoms with Crippen LogP contribution in [-0.2, 0) is 6.42 Å². The molecule has 0 radical (unpaired) electrons. The summed E-state index contributed by atoms with van der Waals surface area (Å²) in [5.41, 5.74) is 7.64. The summed E-state index contributed by atoms with van der Waals surface area (Å²) in [6, 6.07) is 7.85. The first-order valence-corrected chi connectivity index (χ1v) is 7.02. The van der Waals surface area contributed by atoms with Crippen molar-refractivity contribution in [1.29, 1.82) is 0 Å². The van der Waals surface area contributed by atoms with Crippen molar-refractivity contribution >= 4 is 5.91 Å². The van der Waals surface area contributed by atoms with Crippen LogP contribution in [-0.4, -0.2) is 30.4 Å². The molecule has 0 aliphatic rings. The maximum atomic E-state index is 12.6. The van der Waals surface area contributed by atoms with Crippen LogP contribution in [0.25, 0.3) is 0 Å². The van der Waals surface area contributed by atoms with Gasteiger partial charge in [0.25, 0.3) is 5.91 Å². The highest BCUT2D eigenvalue weighted by Crippen LogP contribution is 2.18. The standard InChI is InChI=1S/C16H26N2O/c1-5-13-9-7-8-10-14(13)15(19)18(6-2)12-16(3,4)11-17/h7-10H,5-6,11-12,17H2,1-4H3. The van der Waals surface area contributed by atoms with Gasteiger partial charge in [0.1, 0.15) is 0 Å². The molecule has 1 aromatic rings. The number of amides is 1. The van der Waals surface area contributed by atoms with E-state index in [2.05, 4.69) is 20.8 Å². The minimum Gasteiger partial charge on any atom is -0.338 e. The second-order valence-corrected chi connectivity index (χ2v) is 5.70. The molecule has 0 aliphatic carbocycles. The van der Waals surface area contributed by atoms with Gasteiger partial charge in [-0.3, -0.25) is 4.79 Å². The fourth-order valence-electron chi connectivity index (χ4n) is 2.12. The first-order chi connectivity index (χ1) is 8.95. The van der Waals surface area contributed by atoms with E-state index in [4.69, 9.17) is 5.73 Å². The van der Waals surface area contributed by atoms with Crippen molar-refractivity contribution < 1.29 is 4.79 Å². The van der Waals surface area contributed by atoms with Gasteiger partial charge < -0.3 is 10.6 Å². The number of hydrogen-bond acceptors (Lipinski definition) is 2. The molecule has 0 fully saturated rings. The average molecular weight is 262 g/mol. The first kappa shape index (κ1) is 15.7. The lowest BCUT2D eigenvalue weighted by Gasteiger charge is -2.31. The maximum absolute atomic E-state index is 12.6. The summed E-state index contributed by atoms with van der Waals surface area (Å²) in [4.78, 5) is 14.5. The third kappa shape index (κ3) is 4.06. The van der Waals surface area contributed by atoms with Gasteiger partial charge in [-0.05, 0) is 36.9 Å². The van der Waals surface area contributed by atoms with Crippen LogP contribution in [0.15, 0.2) is 24.3 Å². The predicted molar refractivity (Wildman–Crippen MR) is 80.2 cm³/mol. The second-order valence-electron chi connectivity index (χ2n) is 5.70. The van der Waals surface area contributed by atoms with E-state index >= 15 is 0 Å². The third-order valence-electron chi connectivity index (χ3n) is 3.47. The Morgan fingerprint density at radius 1 is 1.26 bits per heavy atom. The van der Waals surface area contributed by atoms with Crippen LogP contribution >= 0.6 is 0 Å². The Bertz CT molecular complexity index is 427. The van der Waals surface area contributed by atoms with Gasteiger partial charge in [-0.1, -0.05) is 39.0 Å². The van der Waals surface area contributed by atoms with Gasteiger partial charge in [-0.15, -0.1) is 0 Å². The first-order valence-electron chi connectivity index (χ1n) is 7.02. The molecule has 0 saturated carbocycles. The Morgan fingerprint density at radius 2 is 1.89 bits per heavy atom. The molecule has 1 rings (SSSR count). The van der Waals surface area contributed by atoms with Gasteiger partial charge in [0.05, 0.1) is 0 Å². The average Bonchev–Trinajstić information content (AvgIpc) is 2.44. The topological polar surface area (TPSA) is 46.3 Å². The molecule has 0 aliphatic heterocycles. The molecule has 3 nitrogen and oxygen atoms in total. The molecular formula is C16H26N2O. The lowest BCUT2D eigenvalue weighted by atomic mass is 9.92. The van der Waals surface area contributed by atoms with Gasteiger partial charge in [0.15, 0.2) is 0 Å². The van der Waals surface area contributed by atoms with Gasteiger partial charge in [0.2, 0.25) is 0 Å². The quantitative estimate of drug-likeness (QED) is 0.856. The number of rotatable bonds is 6. The second kappa shape index (κ2) is 6.71. The number of nitrogens with zero attached hydrogens (tertiary/aromatic N) is 1. The van der Waals surface area contributed by atoms with Crippen LogP contribution in [0.5, 0.6) is 0 Å². The van der Waals surface area contributed by atoms with Crippen molar-refractivity contribution in [3.63, 3.8) is 0 Å². The zero-order valence-corrected chi connectivity index (χ0v) is 12.6. The Labute approximate surface area is 116 Å². The van der Waals surface area contributed by atoms with Crippen molar-refractivity contribution in [3.05, 3.63) is 35.4 Å². The normalized spacial score (nSPS) is 11.4. The summed E-state index contributed by atoms with van der Waals surface area (Å²) in [5.74, 6) is 0.112. The van der Waals surface area contributed by atoms with Crippen LogP contribution in [0.3, 0.4) is 0 Å². The van der Waals surface area contributed by atoms with Gasteiger partial charge in [-0.2, -0.15) is 0 Å². The maximum Gasteiger partial charge on any atom is 0.254 e. The Kier molecular flexibility index (Phi) is 5.55. The highest BCUT2D eigenvalue weighted by molar-refractivity contribution is 5.95. The van der Waals surface area contributed by atoms with Crippen LogP contribution in [0, 0.1) is 5.41 Å². The largest absolute Gasteiger partial charge is 0.338 e. The van der Waals surface area contributed by atoms with E-state index < -0.39 is 0 Å². The van der Waals surface area contributed by atoms with E-state index in [1.54, 1.807) is 0 Å². The number of nitrogens with two attached hydrogens (primary N) is 1. The molecule has 0 bridgehead atoms. The molecule has 0 unspecified atom stereocenters. The molecule has 1 aromatic carbocycles. The van der Waals surface area contributed by atoms with Crippen molar-refractivity contribution in [3.8, 4) is 0 Å². The summed E-state index contributed by atoms with van der Waals surface area (Å²) in [5, 5.41) is 0. The fourth-order valence-corrected chi connectivity index (χ4v) is 2.12. The lowest BCUT2D eigenvalue weighted by molar-refractivity contribution is 0.0700. The highest BCUT2D eigenvalue weighted by atomic mass is 16.2. The summed E-state index contributed by atoms with van der Waals surface area (Å²) < 4.78 is 0. The third-order valence-corrected chi connectivity index (χ3v) is 3.47. The predicted octanol–water partition coefficient (Wildman–Crippen LogP) is 2.70. The van der Waals surface area contributed by atoms with E-state index in [1.165, 1.54) is 0 Å². The van der Waals surface area contributed by atoms with Crippen molar-refractivity contribution in [2.45, 2.75) is 34.1 Å². The fraction of sp³-hybridized carbons (Fsp3) is 0.562. The van der Waals surface area contributed by atoms with E-state index in [9.17, 15) is 4.79 Å². The van der Waals surface area contributed by atoms with Crippen LogP contribution in [0.4, 0.5) is 0 Å². The van der Waals surface area contributed by atoms with Crippen LogP contribution < -0.4 is 5.73 Å². The van der Waals surface area contributed by atoms with Crippen molar-refractivity contribution in [2.24, 2.45) is 11.1 Å². The minimum absolute atomic E-state index is 0.0488. The molecule has 1 amide bonds. The van der Waals surface area contributed by atoms with Crippen LogP contribution in [0.1, 0.15) is 43.6 Å². The molecule has 106 valence electrons. The molecule has 0 heterocycles. The zero-order chi connectivity index (χ0) is 14.5.